The summed E-state index contributed by atoms with van der Waals surface area (Å²) in [4.78, 5) is 21.4. The van der Waals surface area contributed by atoms with E-state index < -0.39 is 0 Å². The second-order valence-electron chi connectivity index (χ2n) is 7.59. The lowest BCUT2D eigenvalue weighted by Gasteiger charge is -2.36. The maximum Gasteiger partial charge on any atom is 0.344 e. The number of nitrogens with zero attached hydrogens (tertiary/aromatic N) is 3. The first-order valence-electron chi connectivity index (χ1n) is 9.48. The number of rotatable bonds is 3. The molecule has 0 aromatic carbocycles. The fourth-order valence-corrected chi connectivity index (χ4v) is 3.81. The molecule has 2 aromatic heterocycles. The molecule has 0 bridgehead atoms. The van der Waals surface area contributed by atoms with Crippen LogP contribution in [0.15, 0.2) is 33.6 Å². The molecule has 1 unspecified atom stereocenters. The van der Waals surface area contributed by atoms with Crippen LogP contribution in [0.2, 0.25) is 0 Å². The summed E-state index contributed by atoms with van der Waals surface area (Å²) in [5.74, 6) is 0.856. The molecule has 3 heterocycles. The molecule has 0 amide bonds. The Morgan fingerprint density at radius 3 is 2.89 bits per heavy atom. The Morgan fingerprint density at radius 2 is 2.19 bits per heavy atom. The van der Waals surface area contributed by atoms with Crippen LogP contribution in [0.25, 0.3) is 23.3 Å². The normalized spacial score (nSPS) is 22.5. The molecule has 1 fully saturated rings. The maximum absolute atomic E-state index is 12.6. The Morgan fingerprint density at radius 1 is 1.33 bits per heavy atom. The van der Waals surface area contributed by atoms with Crippen LogP contribution < -0.4 is 26.5 Å². The Labute approximate surface area is 158 Å². The number of anilines is 1. The minimum atomic E-state index is -0.313. The van der Waals surface area contributed by atoms with Crippen LogP contribution in [0.3, 0.4) is 0 Å². The predicted molar refractivity (Wildman–Crippen MR) is 108 cm³/mol. The smallest absolute Gasteiger partial charge is 0.344 e. The number of piperazine rings is 1. The minimum absolute atomic E-state index is 0.289. The highest BCUT2D eigenvalue weighted by atomic mass is 16.4. The van der Waals surface area contributed by atoms with Gasteiger partial charge in [0.25, 0.3) is 0 Å². The summed E-state index contributed by atoms with van der Waals surface area (Å²) in [6.45, 7) is 5.23. The SMILES string of the molecule is C[C@H]1CN(C2C=c3oc(=O)c(-c4ccc(N(C)C)nc4)cc3=CC2)CCN1. The largest absolute Gasteiger partial charge is 0.423 e. The van der Waals surface area contributed by atoms with E-state index in [1.807, 2.05) is 37.2 Å². The molecule has 1 aliphatic heterocycles. The molecular formula is C21H26N4O2. The Kier molecular flexibility index (Phi) is 4.85. The Bertz CT molecular complexity index is 994. The third-order valence-corrected chi connectivity index (χ3v) is 5.32. The van der Waals surface area contributed by atoms with Gasteiger partial charge in [0.05, 0.1) is 5.56 Å². The van der Waals surface area contributed by atoms with Gasteiger partial charge in [0.1, 0.15) is 11.2 Å². The fraction of sp³-hybridized carbons (Fsp3) is 0.429. The quantitative estimate of drug-likeness (QED) is 0.848. The number of fused-ring (bicyclic) bond motifs is 1. The van der Waals surface area contributed by atoms with Crippen molar-refractivity contribution in [3.05, 3.63) is 45.5 Å². The molecule has 0 radical (unpaired) electrons. The van der Waals surface area contributed by atoms with Crippen LogP contribution in [-0.2, 0) is 0 Å². The van der Waals surface area contributed by atoms with E-state index in [0.717, 1.165) is 42.7 Å². The van der Waals surface area contributed by atoms with E-state index in [4.69, 9.17) is 4.42 Å². The zero-order chi connectivity index (χ0) is 19.0. The molecule has 6 heteroatoms. The van der Waals surface area contributed by atoms with Crippen LogP contribution >= 0.6 is 0 Å². The molecule has 1 aliphatic carbocycles. The fourth-order valence-electron chi connectivity index (χ4n) is 3.81. The molecule has 0 saturated carbocycles. The summed E-state index contributed by atoms with van der Waals surface area (Å²) in [6, 6.07) is 6.53. The van der Waals surface area contributed by atoms with Crippen molar-refractivity contribution in [3.63, 3.8) is 0 Å². The van der Waals surface area contributed by atoms with E-state index in [9.17, 15) is 4.79 Å². The van der Waals surface area contributed by atoms with Gasteiger partial charge in [-0.15, -0.1) is 0 Å². The first-order chi connectivity index (χ1) is 13.0. The molecule has 142 valence electrons. The first-order valence-corrected chi connectivity index (χ1v) is 9.48. The zero-order valence-corrected chi connectivity index (χ0v) is 16.1. The first kappa shape index (κ1) is 17.9. The number of hydrogen-bond acceptors (Lipinski definition) is 6. The van der Waals surface area contributed by atoms with Gasteiger partial charge in [-0.25, -0.2) is 9.78 Å². The van der Waals surface area contributed by atoms with Gasteiger partial charge in [0, 0.05) is 62.8 Å². The highest BCUT2D eigenvalue weighted by Gasteiger charge is 2.23. The van der Waals surface area contributed by atoms with Gasteiger partial charge in [-0.2, -0.15) is 0 Å². The van der Waals surface area contributed by atoms with Crippen molar-refractivity contribution in [2.24, 2.45) is 0 Å². The second-order valence-corrected chi connectivity index (χ2v) is 7.59. The van der Waals surface area contributed by atoms with E-state index in [1.54, 1.807) is 6.20 Å². The van der Waals surface area contributed by atoms with E-state index in [-0.39, 0.29) is 11.7 Å². The van der Waals surface area contributed by atoms with E-state index >= 15 is 0 Å². The van der Waals surface area contributed by atoms with E-state index in [2.05, 4.69) is 34.3 Å². The molecule has 1 saturated heterocycles. The molecule has 2 atom stereocenters. The molecule has 1 N–H and O–H groups in total. The average Bonchev–Trinajstić information content (AvgIpc) is 2.67. The second kappa shape index (κ2) is 7.29. The van der Waals surface area contributed by atoms with Gasteiger partial charge in [0.15, 0.2) is 0 Å². The molecule has 6 nitrogen and oxygen atoms in total. The van der Waals surface area contributed by atoms with Gasteiger partial charge < -0.3 is 14.6 Å². The van der Waals surface area contributed by atoms with Crippen molar-refractivity contribution in [1.82, 2.24) is 15.2 Å². The van der Waals surface area contributed by atoms with Crippen molar-refractivity contribution in [3.8, 4) is 11.1 Å². The summed E-state index contributed by atoms with van der Waals surface area (Å²) in [5, 5.41) is 4.45. The average molecular weight is 366 g/mol. The van der Waals surface area contributed by atoms with Crippen molar-refractivity contribution in [2.45, 2.75) is 25.4 Å². The third-order valence-electron chi connectivity index (χ3n) is 5.32. The zero-order valence-electron chi connectivity index (χ0n) is 16.1. The van der Waals surface area contributed by atoms with Gasteiger partial charge in [-0.1, -0.05) is 6.08 Å². The Balaban J connectivity index is 1.66. The van der Waals surface area contributed by atoms with Crippen LogP contribution in [0, 0.1) is 0 Å². The summed E-state index contributed by atoms with van der Waals surface area (Å²) < 4.78 is 5.69. The molecule has 27 heavy (non-hydrogen) atoms. The third kappa shape index (κ3) is 3.68. The van der Waals surface area contributed by atoms with Gasteiger partial charge in [0.2, 0.25) is 0 Å². The minimum Gasteiger partial charge on any atom is -0.423 e. The van der Waals surface area contributed by atoms with Gasteiger partial charge in [-0.05, 0) is 37.6 Å². The summed E-state index contributed by atoms with van der Waals surface area (Å²) >= 11 is 0. The lowest BCUT2D eigenvalue weighted by Crippen LogP contribution is -2.53. The highest BCUT2D eigenvalue weighted by molar-refractivity contribution is 5.63. The van der Waals surface area contributed by atoms with E-state index in [1.165, 1.54) is 0 Å². The van der Waals surface area contributed by atoms with Gasteiger partial charge >= 0.3 is 5.63 Å². The molecule has 2 aromatic rings. The number of aromatic nitrogens is 1. The van der Waals surface area contributed by atoms with Crippen LogP contribution in [0.4, 0.5) is 5.82 Å². The maximum atomic E-state index is 12.6. The van der Waals surface area contributed by atoms with Crippen molar-refractivity contribution < 1.29 is 4.42 Å². The summed E-state index contributed by atoms with van der Waals surface area (Å²) in [6.07, 6.45) is 6.95. The lowest BCUT2D eigenvalue weighted by atomic mass is 10.0. The Hall–Kier alpha value is -2.44. The van der Waals surface area contributed by atoms with Crippen LogP contribution in [0.1, 0.15) is 13.3 Å². The van der Waals surface area contributed by atoms with Crippen LogP contribution in [0.5, 0.6) is 0 Å². The molecule has 4 rings (SSSR count). The van der Waals surface area contributed by atoms with Crippen LogP contribution in [-0.4, -0.2) is 55.7 Å². The van der Waals surface area contributed by atoms with Gasteiger partial charge in [-0.3, -0.25) is 4.90 Å². The topological polar surface area (TPSA) is 61.6 Å². The highest BCUT2D eigenvalue weighted by Crippen LogP contribution is 2.17. The molecular weight excluding hydrogens is 340 g/mol. The van der Waals surface area contributed by atoms with Crippen molar-refractivity contribution in [1.29, 1.82) is 0 Å². The lowest BCUT2D eigenvalue weighted by molar-refractivity contribution is 0.181. The number of nitrogens with one attached hydrogen (secondary N) is 1. The number of pyridine rings is 1. The molecule has 2 aliphatic rings. The van der Waals surface area contributed by atoms with Crippen molar-refractivity contribution in [2.75, 3.05) is 38.6 Å². The standard InChI is InChI=1S/C21H26N4O2/c1-14-13-25(9-8-22-14)17-6-4-15-10-18(21(26)27-19(15)11-17)16-5-7-20(23-12-16)24(2)3/h4-5,7,10-12,14,17,22H,6,8-9,13H2,1-3H3/t14-,17?/m0/s1. The van der Waals surface area contributed by atoms with Crippen molar-refractivity contribution >= 4 is 18.0 Å². The monoisotopic (exact) mass is 366 g/mol. The molecule has 0 spiro atoms. The summed E-state index contributed by atoms with van der Waals surface area (Å²) in [5.41, 5.74) is 1.71. The predicted octanol–water partition coefficient (Wildman–Crippen LogP) is 0.395. The summed E-state index contributed by atoms with van der Waals surface area (Å²) in [7, 11) is 3.88. The van der Waals surface area contributed by atoms with E-state index in [0.29, 0.717) is 17.0 Å². The number of hydrogen-bond donors (Lipinski definition) is 1.